The lowest BCUT2D eigenvalue weighted by atomic mass is 9.94. The second-order valence-electron chi connectivity index (χ2n) is 7.20. The van der Waals surface area contributed by atoms with Gasteiger partial charge >= 0.3 is 12.0 Å². The number of carbonyl (C=O) groups excluding carboxylic acids is 2. The summed E-state index contributed by atoms with van der Waals surface area (Å²) in [7, 11) is 1.57. The topological polar surface area (TPSA) is 67.9 Å². The second-order valence-corrected chi connectivity index (χ2v) is 7.99. The van der Waals surface area contributed by atoms with E-state index in [0.717, 1.165) is 11.1 Å². The van der Waals surface area contributed by atoms with Crippen LogP contribution in [-0.2, 0) is 9.53 Å². The highest BCUT2D eigenvalue weighted by Crippen LogP contribution is 2.37. The fourth-order valence-electron chi connectivity index (χ4n) is 3.31. The molecule has 2 aromatic rings. The van der Waals surface area contributed by atoms with E-state index in [9.17, 15) is 9.59 Å². The van der Waals surface area contributed by atoms with Gasteiger partial charge in [0.15, 0.2) is 0 Å². The van der Waals surface area contributed by atoms with Crippen molar-refractivity contribution in [2.24, 2.45) is 0 Å². The monoisotopic (exact) mass is 462 g/mol. The number of aryl methyl sites for hydroxylation is 2. The summed E-state index contributed by atoms with van der Waals surface area (Å²) in [6.07, 6.45) is 0. The largest absolute Gasteiger partial charge is 0.487 e. The summed E-state index contributed by atoms with van der Waals surface area (Å²) in [5, 5.41) is 3.40. The van der Waals surface area contributed by atoms with E-state index in [0.29, 0.717) is 22.0 Å². The van der Waals surface area contributed by atoms with Gasteiger partial charge in [0.25, 0.3) is 0 Å². The Morgan fingerprint density at radius 3 is 2.58 bits per heavy atom. The number of urea groups is 1. The average Bonchev–Trinajstić information content (AvgIpc) is 2.73. The van der Waals surface area contributed by atoms with E-state index < -0.39 is 18.0 Å². The van der Waals surface area contributed by atoms with Gasteiger partial charge in [0.1, 0.15) is 12.4 Å². The normalized spacial score (nSPS) is 16.3. The molecular formula is C23H24Cl2N2O4. The summed E-state index contributed by atoms with van der Waals surface area (Å²) in [5.74, 6) is 0.0737. The molecule has 1 aliphatic heterocycles. The third kappa shape index (κ3) is 4.81. The molecule has 0 spiro atoms. The van der Waals surface area contributed by atoms with Gasteiger partial charge in [-0.25, -0.2) is 9.59 Å². The van der Waals surface area contributed by atoms with Gasteiger partial charge in [-0.2, -0.15) is 0 Å². The van der Waals surface area contributed by atoms with Gasteiger partial charge < -0.3 is 14.8 Å². The number of hydrogen-bond donors (Lipinski definition) is 1. The van der Waals surface area contributed by atoms with Crippen molar-refractivity contribution >= 4 is 35.2 Å². The molecule has 0 aliphatic carbocycles. The zero-order chi connectivity index (χ0) is 22.7. The first kappa shape index (κ1) is 23.0. The lowest BCUT2D eigenvalue weighted by molar-refractivity contribution is -0.139. The molecule has 6 nitrogen and oxygen atoms in total. The van der Waals surface area contributed by atoms with Crippen molar-refractivity contribution in [1.82, 2.24) is 10.2 Å². The van der Waals surface area contributed by atoms with Gasteiger partial charge in [0.2, 0.25) is 0 Å². The highest BCUT2D eigenvalue weighted by molar-refractivity contribution is 6.42. The third-order valence-electron chi connectivity index (χ3n) is 5.22. The van der Waals surface area contributed by atoms with Crippen molar-refractivity contribution < 1.29 is 19.1 Å². The lowest BCUT2D eigenvalue weighted by Gasteiger charge is -2.34. The summed E-state index contributed by atoms with van der Waals surface area (Å²) < 4.78 is 11.2. The molecule has 8 heteroatoms. The number of amides is 2. The molecule has 0 saturated heterocycles. The van der Waals surface area contributed by atoms with Gasteiger partial charge in [0.05, 0.1) is 34.0 Å². The SMILES string of the molecule is CCOC(=O)C1=C(COc2ccc(C)c(C)c2)N(C)C(=O)N[C@H]1c1cccc(Cl)c1Cl. The van der Waals surface area contributed by atoms with E-state index in [1.165, 1.54) is 4.90 Å². The summed E-state index contributed by atoms with van der Waals surface area (Å²) in [6, 6.07) is 9.56. The maximum absolute atomic E-state index is 13.0. The second kappa shape index (κ2) is 9.62. The number of esters is 1. The van der Waals surface area contributed by atoms with Crippen LogP contribution >= 0.6 is 23.2 Å². The number of hydrogen-bond acceptors (Lipinski definition) is 4. The Labute approximate surface area is 191 Å². The minimum Gasteiger partial charge on any atom is -0.487 e. The Balaban J connectivity index is 2.07. The standard InChI is InChI=1S/C23H24Cl2N2O4/c1-5-30-22(28)19-18(12-31-15-10-9-13(2)14(3)11-15)27(4)23(29)26-21(19)16-7-6-8-17(24)20(16)25/h6-11,21H,5,12H2,1-4H3,(H,26,29)/t21-/m0/s1. The Bertz CT molecular complexity index is 1050. The molecule has 2 amide bonds. The predicted molar refractivity (Wildman–Crippen MR) is 121 cm³/mol. The van der Waals surface area contributed by atoms with Crippen LogP contribution in [0.3, 0.4) is 0 Å². The number of halogens is 2. The zero-order valence-electron chi connectivity index (χ0n) is 17.8. The van der Waals surface area contributed by atoms with Crippen molar-refractivity contribution in [2.75, 3.05) is 20.3 Å². The van der Waals surface area contributed by atoms with Gasteiger partial charge in [-0.05, 0) is 55.7 Å². The first-order chi connectivity index (χ1) is 14.7. The van der Waals surface area contributed by atoms with Crippen LogP contribution in [0.2, 0.25) is 10.0 Å². The minimum atomic E-state index is -0.827. The van der Waals surface area contributed by atoms with Crippen LogP contribution in [0.5, 0.6) is 5.75 Å². The van der Waals surface area contributed by atoms with Gasteiger partial charge in [-0.3, -0.25) is 4.90 Å². The molecule has 3 rings (SSSR count). The number of likely N-dealkylation sites (N-methyl/N-ethyl adjacent to an activating group) is 1. The summed E-state index contributed by atoms with van der Waals surface area (Å²) >= 11 is 12.6. The van der Waals surface area contributed by atoms with Crippen molar-refractivity contribution in [3.63, 3.8) is 0 Å². The van der Waals surface area contributed by atoms with Crippen molar-refractivity contribution in [1.29, 1.82) is 0 Å². The van der Waals surface area contributed by atoms with Crippen molar-refractivity contribution in [3.05, 3.63) is 74.4 Å². The van der Waals surface area contributed by atoms with Crippen LogP contribution in [0.1, 0.15) is 29.7 Å². The molecule has 0 aromatic heterocycles. The van der Waals surface area contributed by atoms with Crippen molar-refractivity contribution in [2.45, 2.75) is 26.8 Å². The molecule has 1 N–H and O–H groups in total. The van der Waals surface area contributed by atoms with Gasteiger partial charge in [-0.1, -0.05) is 41.4 Å². The van der Waals surface area contributed by atoms with E-state index >= 15 is 0 Å². The first-order valence-electron chi connectivity index (χ1n) is 9.82. The minimum absolute atomic E-state index is 0.00471. The van der Waals surface area contributed by atoms with E-state index in [2.05, 4.69) is 5.32 Å². The van der Waals surface area contributed by atoms with Crippen LogP contribution in [-0.4, -0.2) is 37.2 Å². The number of nitrogens with one attached hydrogen (secondary N) is 1. The molecule has 1 heterocycles. The summed E-state index contributed by atoms with van der Waals surface area (Å²) in [6.45, 7) is 5.90. The first-order valence-corrected chi connectivity index (χ1v) is 10.6. The maximum Gasteiger partial charge on any atom is 0.338 e. The highest BCUT2D eigenvalue weighted by atomic mass is 35.5. The Morgan fingerprint density at radius 2 is 1.90 bits per heavy atom. The molecule has 0 bridgehead atoms. The number of ether oxygens (including phenoxy) is 2. The van der Waals surface area contributed by atoms with Crippen LogP contribution in [0.4, 0.5) is 4.79 Å². The highest BCUT2D eigenvalue weighted by Gasteiger charge is 2.38. The molecule has 1 aliphatic rings. The molecule has 1 atom stereocenters. The maximum atomic E-state index is 13.0. The number of benzene rings is 2. The smallest absolute Gasteiger partial charge is 0.338 e. The molecule has 0 fully saturated rings. The van der Waals surface area contributed by atoms with Gasteiger partial charge in [0, 0.05) is 7.05 Å². The lowest BCUT2D eigenvalue weighted by Crippen LogP contribution is -2.48. The van der Waals surface area contributed by atoms with Crippen molar-refractivity contribution in [3.8, 4) is 5.75 Å². The zero-order valence-corrected chi connectivity index (χ0v) is 19.3. The Morgan fingerprint density at radius 1 is 1.16 bits per heavy atom. The number of nitrogens with zero attached hydrogens (tertiary/aromatic N) is 1. The molecule has 0 saturated carbocycles. The molecular weight excluding hydrogens is 439 g/mol. The molecule has 2 aromatic carbocycles. The van der Waals surface area contributed by atoms with Crippen LogP contribution in [0.25, 0.3) is 0 Å². The van der Waals surface area contributed by atoms with E-state index in [4.69, 9.17) is 32.7 Å². The van der Waals surface area contributed by atoms with Crippen LogP contribution in [0.15, 0.2) is 47.7 Å². The summed E-state index contributed by atoms with van der Waals surface area (Å²) in [4.78, 5) is 27.0. The van der Waals surface area contributed by atoms with Crippen LogP contribution in [0, 0.1) is 13.8 Å². The average molecular weight is 463 g/mol. The number of rotatable bonds is 6. The third-order valence-corrected chi connectivity index (χ3v) is 6.05. The quantitative estimate of drug-likeness (QED) is 0.598. The predicted octanol–water partition coefficient (Wildman–Crippen LogP) is 5.20. The Kier molecular flexibility index (Phi) is 7.13. The van der Waals surface area contributed by atoms with E-state index in [1.807, 2.05) is 32.0 Å². The Hall–Kier alpha value is -2.70. The fourth-order valence-corrected chi connectivity index (χ4v) is 3.73. The van der Waals surface area contributed by atoms with E-state index in [1.54, 1.807) is 32.2 Å². The molecule has 31 heavy (non-hydrogen) atoms. The molecule has 0 radical (unpaired) electrons. The molecule has 0 unspecified atom stereocenters. The van der Waals surface area contributed by atoms with Crippen LogP contribution < -0.4 is 10.1 Å². The van der Waals surface area contributed by atoms with Gasteiger partial charge in [-0.15, -0.1) is 0 Å². The number of carbonyl (C=O) groups is 2. The summed E-state index contributed by atoms with van der Waals surface area (Å²) in [5.41, 5.74) is 3.36. The molecule has 164 valence electrons. The fraction of sp³-hybridized carbons (Fsp3) is 0.304. The van der Waals surface area contributed by atoms with E-state index in [-0.39, 0.29) is 23.8 Å².